The molecule has 41 heavy (non-hydrogen) atoms. The second kappa shape index (κ2) is 9.42. The van der Waals surface area contributed by atoms with Gasteiger partial charge in [0.25, 0.3) is 11.5 Å². The van der Waals surface area contributed by atoms with Gasteiger partial charge in [-0.1, -0.05) is 36.4 Å². The Morgan fingerprint density at radius 1 is 0.927 bits per heavy atom. The predicted octanol–water partition coefficient (Wildman–Crippen LogP) is 3.82. The van der Waals surface area contributed by atoms with Crippen LogP contribution in [0.25, 0.3) is 38.9 Å². The molecule has 1 amide bonds. The standard InChI is InChI=1S/C30H23N9O2/c1-18(34-29(40)25-26(31)36-38-16-8-14-32-28(25)38)27-35-22-12-7-11-20(21-17-33-37-15-6-5-13-23(21)37)24(22)30(41)39(27)19-9-3-2-4-10-19/h2-18H,1H3,(H2,31,36)(H,34,40)/t18-/m0/s1. The molecule has 0 radical (unpaired) electrons. The Kier molecular flexibility index (Phi) is 5.56. The topological polar surface area (TPSA) is 138 Å². The molecule has 0 saturated carbocycles. The maximum Gasteiger partial charge on any atom is 0.266 e. The second-order valence-corrected chi connectivity index (χ2v) is 9.58. The lowest BCUT2D eigenvalue weighted by Gasteiger charge is -2.20. The number of benzene rings is 2. The quantitative estimate of drug-likeness (QED) is 0.338. The molecule has 7 rings (SSSR count). The number of hydrogen-bond donors (Lipinski definition) is 2. The first-order valence-electron chi connectivity index (χ1n) is 12.9. The van der Waals surface area contributed by atoms with Crippen LogP contribution in [0.3, 0.4) is 0 Å². The number of aromatic nitrogens is 7. The number of amides is 1. The number of carbonyl (C=O) groups is 1. The van der Waals surface area contributed by atoms with Crippen LogP contribution in [0.1, 0.15) is 29.1 Å². The van der Waals surface area contributed by atoms with Crippen LogP contribution in [-0.2, 0) is 0 Å². The molecule has 11 heteroatoms. The van der Waals surface area contributed by atoms with Gasteiger partial charge in [0.15, 0.2) is 11.5 Å². The van der Waals surface area contributed by atoms with Crippen molar-refractivity contribution in [1.82, 2.24) is 39.1 Å². The van der Waals surface area contributed by atoms with Crippen molar-refractivity contribution in [3.8, 4) is 16.8 Å². The molecule has 3 N–H and O–H groups in total. The van der Waals surface area contributed by atoms with Crippen molar-refractivity contribution in [1.29, 1.82) is 0 Å². The fraction of sp³-hybridized carbons (Fsp3) is 0.0667. The van der Waals surface area contributed by atoms with Gasteiger partial charge in [0, 0.05) is 29.7 Å². The minimum atomic E-state index is -0.682. The minimum absolute atomic E-state index is 0.0540. The van der Waals surface area contributed by atoms with E-state index in [2.05, 4.69) is 20.5 Å². The Balaban J connectivity index is 1.40. The zero-order valence-corrected chi connectivity index (χ0v) is 21.8. The fourth-order valence-electron chi connectivity index (χ4n) is 5.19. The molecule has 0 unspecified atom stereocenters. The van der Waals surface area contributed by atoms with Crippen LogP contribution in [0.5, 0.6) is 0 Å². The second-order valence-electron chi connectivity index (χ2n) is 9.58. The highest BCUT2D eigenvalue weighted by Crippen LogP contribution is 2.30. The number of rotatable bonds is 5. The maximum atomic E-state index is 14.4. The molecule has 2 aromatic carbocycles. The molecule has 0 saturated heterocycles. The third-order valence-corrected chi connectivity index (χ3v) is 7.04. The number of pyridine rings is 1. The molecule has 0 spiro atoms. The Morgan fingerprint density at radius 2 is 1.73 bits per heavy atom. The number of hydrogen-bond acceptors (Lipinski definition) is 7. The summed E-state index contributed by atoms with van der Waals surface area (Å²) < 4.78 is 4.76. The molecule has 0 aliphatic carbocycles. The highest BCUT2D eigenvalue weighted by Gasteiger charge is 2.25. The number of nitrogens with two attached hydrogens (primary N) is 1. The molecule has 5 aromatic heterocycles. The van der Waals surface area contributed by atoms with Crippen molar-refractivity contribution in [2.45, 2.75) is 13.0 Å². The molecular weight excluding hydrogens is 518 g/mol. The molecule has 5 heterocycles. The van der Waals surface area contributed by atoms with Gasteiger partial charge in [0.1, 0.15) is 11.4 Å². The summed E-state index contributed by atoms with van der Waals surface area (Å²) in [6, 6.07) is 21.6. The van der Waals surface area contributed by atoms with Crippen LogP contribution in [0.4, 0.5) is 5.82 Å². The monoisotopic (exact) mass is 541 g/mol. The van der Waals surface area contributed by atoms with Gasteiger partial charge in [-0.05, 0) is 43.3 Å². The third kappa shape index (κ3) is 3.90. The van der Waals surface area contributed by atoms with Crippen molar-refractivity contribution >= 4 is 33.8 Å². The molecule has 200 valence electrons. The van der Waals surface area contributed by atoms with Crippen molar-refractivity contribution < 1.29 is 4.79 Å². The highest BCUT2D eigenvalue weighted by molar-refractivity contribution is 6.04. The molecule has 11 nitrogen and oxygen atoms in total. The molecule has 0 bridgehead atoms. The van der Waals surface area contributed by atoms with E-state index >= 15 is 0 Å². The maximum absolute atomic E-state index is 14.4. The normalized spacial score (nSPS) is 12.2. The summed E-state index contributed by atoms with van der Waals surface area (Å²) in [7, 11) is 0. The Morgan fingerprint density at radius 3 is 2.59 bits per heavy atom. The molecule has 1 atom stereocenters. The number of anilines is 1. The number of para-hydroxylation sites is 1. The number of fused-ring (bicyclic) bond motifs is 3. The van der Waals surface area contributed by atoms with E-state index in [0.29, 0.717) is 28.1 Å². The lowest BCUT2D eigenvalue weighted by atomic mass is 10.0. The van der Waals surface area contributed by atoms with Crippen LogP contribution in [-0.4, -0.2) is 39.7 Å². The zero-order chi connectivity index (χ0) is 28.1. The molecule has 7 aromatic rings. The van der Waals surface area contributed by atoms with E-state index in [1.165, 1.54) is 4.52 Å². The van der Waals surface area contributed by atoms with Crippen molar-refractivity contribution in [2.24, 2.45) is 0 Å². The summed E-state index contributed by atoms with van der Waals surface area (Å²) in [5, 5.41) is 12.0. The Hall–Kier alpha value is -5.84. The van der Waals surface area contributed by atoms with Gasteiger partial charge in [-0.3, -0.25) is 14.2 Å². The van der Waals surface area contributed by atoms with Gasteiger partial charge in [0.2, 0.25) is 0 Å². The Labute approximate surface area is 232 Å². The SMILES string of the molecule is C[C@H](NC(=O)c1c(N)nn2cccnc12)c1nc2cccc(-c3cnn4ccccc34)c2c(=O)n1-c1ccccc1. The van der Waals surface area contributed by atoms with Crippen molar-refractivity contribution in [3.05, 3.63) is 119 Å². The molecule has 0 aliphatic heterocycles. The fourth-order valence-corrected chi connectivity index (χ4v) is 5.19. The zero-order valence-electron chi connectivity index (χ0n) is 21.8. The first-order chi connectivity index (χ1) is 20.0. The van der Waals surface area contributed by atoms with Crippen LogP contribution >= 0.6 is 0 Å². The van der Waals surface area contributed by atoms with E-state index in [-0.39, 0.29) is 16.9 Å². The lowest BCUT2D eigenvalue weighted by molar-refractivity contribution is 0.0940. The van der Waals surface area contributed by atoms with Crippen molar-refractivity contribution in [3.63, 3.8) is 0 Å². The molecule has 0 fully saturated rings. The van der Waals surface area contributed by atoms with Crippen molar-refractivity contribution in [2.75, 3.05) is 5.73 Å². The summed E-state index contributed by atoms with van der Waals surface area (Å²) in [5.41, 5.74) is 9.84. The van der Waals surface area contributed by atoms with E-state index in [1.807, 2.05) is 66.9 Å². The van der Waals surface area contributed by atoms with E-state index < -0.39 is 11.9 Å². The third-order valence-electron chi connectivity index (χ3n) is 7.04. The summed E-state index contributed by atoms with van der Waals surface area (Å²) in [5.74, 6) is -0.0572. The average molecular weight is 542 g/mol. The number of nitrogens with one attached hydrogen (secondary N) is 1. The largest absolute Gasteiger partial charge is 0.381 e. The smallest absolute Gasteiger partial charge is 0.266 e. The van der Waals surface area contributed by atoms with Crippen LogP contribution in [0, 0.1) is 0 Å². The highest BCUT2D eigenvalue weighted by atomic mass is 16.2. The first kappa shape index (κ1) is 24.2. The minimum Gasteiger partial charge on any atom is -0.381 e. The van der Waals surface area contributed by atoms with E-state index in [4.69, 9.17) is 10.7 Å². The number of carbonyl (C=O) groups excluding carboxylic acids is 1. The summed E-state index contributed by atoms with van der Waals surface area (Å²) in [6.07, 6.45) is 6.84. The van der Waals surface area contributed by atoms with E-state index in [0.717, 1.165) is 16.6 Å². The lowest BCUT2D eigenvalue weighted by Crippen LogP contribution is -2.33. The van der Waals surface area contributed by atoms with Gasteiger partial charge < -0.3 is 11.1 Å². The molecule has 0 aliphatic rings. The van der Waals surface area contributed by atoms with Gasteiger partial charge in [0.05, 0.1) is 34.3 Å². The first-order valence-corrected chi connectivity index (χ1v) is 12.9. The summed E-state index contributed by atoms with van der Waals surface area (Å²) in [4.78, 5) is 37.0. The molecular formula is C30H23N9O2. The van der Waals surface area contributed by atoms with E-state index in [9.17, 15) is 9.59 Å². The Bertz CT molecular complexity index is 2160. The average Bonchev–Trinajstić information content (AvgIpc) is 3.57. The summed E-state index contributed by atoms with van der Waals surface area (Å²) >= 11 is 0. The van der Waals surface area contributed by atoms with Gasteiger partial charge in [-0.2, -0.15) is 5.10 Å². The van der Waals surface area contributed by atoms with Crippen LogP contribution < -0.4 is 16.6 Å². The summed E-state index contributed by atoms with van der Waals surface area (Å²) in [6.45, 7) is 1.77. The van der Waals surface area contributed by atoms with Gasteiger partial charge >= 0.3 is 0 Å². The predicted molar refractivity (Wildman–Crippen MR) is 155 cm³/mol. The van der Waals surface area contributed by atoms with Crippen LogP contribution in [0.15, 0.2) is 102 Å². The number of nitrogens with zero attached hydrogens (tertiary/aromatic N) is 7. The van der Waals surface area contributed by atoms with Gasteiger partial charge in [-0.25, -0.2) is 19.0 Å². The van der Waals surface area contributed by atoms with Gasteiger partial charge in [-0.15, -0.1) is 5.10 Å². The van der Waals surface area contributed by atoms with E-state index in [1.54, 1.807) is 46.7 Å². The number of nitrogen functional groups attached to an aromatic ring is 1. The van der Waals surface area contributed by atoms with Crippen LogP contribution in [0.2, 0.25) is 0 Å².